The van der Waals surface area contributed by atoms with Gasteiger partial charge in [-0.15, -0.1) is 0 Å². The lowest BCUT2D eigenvalue weighted by molar-refractivity contribution is -0.178. The Morgan fingerprint density at radius 3 is 2.21 bits per heavy atom. The first-order valence-corrected chi connectivity index (χ1v) is 8.29. The molecule has 0 bridgehead atoms. The Hall–Kier alpha value is -0.330. The topological polar surface area (TPSA) is 17.1 Å². The molecule has 5 atom stereocenters. The van der Waals surface area contributed by atoms with Crippen LogP contribution in [0.1, 0.15) is 73.1 Å². The molecule has 0 spiro atoms. The van der Waals surface area contributed by atoms with Gasteiger partial charge in [-0.25, -0.2) is 0 Å². The minimum absolute atomic E-state index is 0.289. The summed E-state index contributed by atoms with van der Waals surface area (Å²) in [5.41, 5.74) is 1.28. The molecule has 3 aliphatic carbocycles. The standard InChI is InChI=1S/C18H30O/c1-6-15(19)13-8-10-18(5)14-11-16(2,3)12(14)7-9-17(13,18)4/h12-14H,6-11H2,1-5H3. The van der Waals surface area contributed by atoms with Gasteiger partial charge in [0.2, 0.25) is 0 Å². The lowest BCUT2D eigenvalue weighted by atomic mass is 9.38. The summed E-state index contributed by atoms with van der Waals surface area (Å²) in [4.78, 5) is 12.3. The van der Waals surface area contributed by atoms with Crippen LogP contribution in [0, 0.1) is 34.0 Å². The summed E-state index contributed by atoms with van der Waals surface area (Å²) in [7, 11) is 0. The first-order valence-electron chi connectivity index (χ1n) is 8.29. The number of Topliss-reactive ketones (excluding diaryl/α,β-unsaturated/α-hetero) is 1. The predicted molar refractivity (Wildman–Crippen MR) is 78.8 cm³/mol. The number of carbonyl (C=O) groups is 1. The van der Waals surface area contributed by atoms with Gasteiger partial charge >= 0.3 is 0 Å². The maximum absolute atomic E-state index is 12.3. The van der Waals surface area contributed by atoms with Crippen LogP contribution in [0.3, 0.4) is 0 Å². The third kappa shape index (κ3) is 1.51. The number of hydrogen-bond donors (Lipinski definition) is 0. The number of carbonyl (C=O) groups excluding carboxylic acids is 1. The number of rotatable bonds is 2. The van der Waals surface area contributed by atoms with Crippen molar-refractivity contribution in [3.63, 3.8) is 0 Å². The third-order valence-electron chi connectivity index (χ3n) is 7.79. The first kappa shape index (κ1) is 13.6. The van der Waals surface area contributed by atoms with Gasteiger partial charge in [0, 0.05) is 12.3 Å². The Labute approximate surface area is 118 Å². The summed E-state index contributed by atoms with van der Waals surface area (Å²) in [5.74, 6) is 2.69. The van der Waals surface area contributed by atoms with Gasteiger partial charge in [-0.1, -0.05) is 34.6 Å². The predicted octanol–water partition coefficient (Wildman–Crippen LogP) is 4.84. The van der Waals surface area contributed by atoms with Gasteiger partial charge in [0.15, 0.2) is 0 Å². The molecular formula is C18H30O. The lowest BCUT2D eigenvalue weighted by Crippen LogP contribution is -2.59. The third-order valence-corrected chi connectivity index (χ3v) is 7.79. The molecule has 0 amide bonds. The summed E-state index contributed by atoms with van der Waals surface area (Å²) in [6, 6.07) is 0. The number of hydrogen-bond acceptors (Lipinski definition) is 1. The highest BCUT2D eigenvalue weighted by Gasteiger charge is 2.67. The van der Waals surface area contributed by atoms with Crippen molar-refractivity contribution in [1.82, 2.24) is 0 Å². The van der Waals surface area contributed by atoms with Crippen LogP contribution in [-0.2, 0) is 4.79 Å². The molecular weight excluding hydrogens is 232 g/mol. The van der Waals surface area contributed by atoms with Crippen LogP contribution >= 0.6 is 0 Å². The van der Waals surface area contributed by atoms with Crippen LogP contribution < -0.4 is 0 Å². The van der Waals surface area contributed by atoms with Gasteiger partial charge < -0.3 is 0 Å². The highest BCUT2D eigenvalue weighted by molar-refractivity contribution is 5.82. The SMILES string of the molecule is CCC(=O)C1CCC2(C)C3CC(C)(C)C3CCC12C. The molecule has 5 unspecified atom stereocenters. The molecule has 0 aliphatic heterocycles. The van der Waals surface area contributed by atoms with Crippen molar-refractivity contribution < 1.29 is 4.79 Å². The van der Waals surface area contributed by atoms with E-state index in [9.17, 15) is 4.79 Å². The van der Waals surface area contributed by atoms with Crippen molar-refractivity contribution >= 4 is 5.78 Å². The molecule has 0 radical (unpaired) electrons. The van der Waals surface area contributed by atoms with E-state index in [1.54, 1.807) is 0 Å². The van der Waals surface area contributed by atoms with Gasteiger partial charge in [-0.3, -0.25) is 4.79 Å². The summed E-state index contributed by atoms with van der Waals surface area (Å²) >= 11 is 0. The number of fused-ring (bicyclic) bond motifs is 3. The van der Waals surface area contributed by atoms with E-state index in [0.717, 1.165) is 24.7 Å². The van der Waals surface area contributed by atoms with Crippen LogP contribution in [0.25, 0.3) is 0 Å². The smallest absolute Gasteiger partial charge is 0.136 e. The molecule has 3 saturated carbocycles. The fraction of sp³-hybridized carbons (Fsp3) is 0.944. The van der Waals surface area contributed by atoms with Crippen LogP contribution in [0.4, 0.5) is 0 Å². The second-order valence-electron chi connectivity index (χ2n) is 8.69. The molecule has 0 aromatic heterocycles. The molecule has 0 aromatic rings. The van der Waals surface area contributed by atoms with Crippen molar-refractivity contribution in [3.05, 3.63) is 0 Å². The minimum Gasteiger partial charge on any atom is -0.299 e. The van der Waals surface area contributed by atoms with E-state index < -0.39 is 0 Å². The van der Waals surface area contributed by atoms with E-state index in [1.165, 1.54) is 25.7 Å². The molecule has 3 fully saturated rings. The van der Waals surface area contributed by atoms with E-state index in [2.05, 4.69) is 27.7 Å². The monoisotopic (exact) mass is 262 g/mol. The Kier molecular flexibility index (Phi) is 2.77. The van der Waals surface area contributed by atoms with Crippen molar-refractivity contribution in [2.24, 2.45) is 34.0 Å². The molecule has 0 heterocycles. The lowest BCUT2D eigenvalue weighted by Gasteiger charge is -2.66. The highest BCUT2D eigenvalue weighted by atomic mass is 16.1. The normalized spacial score (nSPS) is 51.1. The zero-order valence-corrected chi connectivity index (χ0v) is 13.4. The van der Waals surface area contributed by atoms with Crippen molar-refractivity contribution in [1.29, 1.82) is 0 Å². The molecule has 3 rings (SSSR count). The van der Waals surface area contributed by atoms with Crippen LogP contribution in [0.2, 0.25) is 0 Å². The average molecular weight is 262 g/mol. The Morgan fingerprint density at radius 1 is 1.00 bits per heavy atom. The Bertz CT molecular complexity index is 410. The van der Waals surface area contributed by atoms with Crippen LogP contribution in [0.5, 0.6) is 0 Å². The van der Waals surface area contributed by atoms with Crippen molar-refractivity contribution in [3.8, 4) is 0 Å². The molecule has 0 N–H and O–H groups in total. The largest absolute Gasteiger partial charge is 0.299 e. The zero-order valence-electron chi connectivity index (χ0n) is 13.4. The summed E-state index contributed by atoms with van der Waals surface area (Å²) in [5, 5.41) is 0. The second kappa shape index (κ2) is 3.86. The van der Waals surface area contributed by atoms with Gasteiger partial charge in [0.05, 0.1) is 0 Å². The van der Waals surface area contributed by atoms with E-state index >= 15 is 0 Å². The van der Waals surface area contributed by atoms with E-state index in [4.69, 9.17) is 0 Å². The fourth-order valence-electron chi connectivity index (χ4n) is 6.24. The average Bonchev–Trinajstić information content (AvgIpc) is 2.60. The molecule has 1 nitrogen and oxygen atoms in total. The van der Waals surface area contributed by atoms with Gasteiger partial charge in [-0.2, -0.15) is 0 Å². The molecule has 0 saturated heterocycles. The molecule has 19 heavy (non-hydrogen) atoms. The van der Waals surface area contributed by atoms with Crippen molar-refractivity contribution in [2.75, 3.05) is 0 Å². The van der Waals surface area contributed by atoms with E-state index in [1.807, 2.05) is 6.92 Å². The Balaban J connectivity index is 1.92. The molecule has 3 aliphatic rings. The molecule has 1 heteroatoms. The molecule has 108 valence electrons. The maximum Gasteiger partial charge on any atom is 0.136 e. The summed E-state index contributed by atoms with van der Waals surface area (Å²) < 4.78 is 0. The van der Waals surface area contributed by atoms with E-state index in [0.29, 0.717) is 22.5 Å². The summed E-state index contributed by atoms with van der Waals surface area (Å²) in [6.45, 7) is 11.9. The molecule has 0 aromatic carbocycles. The zero-order chi connectivity index (χ0) is 14.1. The second-order valence-corrected chi connectivity index (χ2v) is 8.69. The quantitative estimate of drug-likeness (QED) is 0.695. The van der Waals surface area contributed by atoms with Crippen molar-refractivity contribution in [2.45, 2.75) is 73.1 Å². The van der Waals surface area contributed by atoms with Crippen LogP contribution in [-0.4, -0.2) is 5.78 Å². The maximum atomic E-state index is 12.3. The van der Waals surface area contributed by atoms with Gasteiger partial charge in [-0.05, 0) is 60.2 Å². The minimum atomic E-state index is 0.289. The van der Waals surface area contributed by atoms with Crippen LogP contribution in [0.15, 0.2) is 0 Å². The number of ketones is 1. The first-order chi connectivity index (χ1) is 8.76. The Morgan fingerprint density at radius 2 is 1.63 bits per heavy atom. The highest BCUT2D eigenvalue weighted by Crippen LogP contribution is 2.74. The van der Waals surface area contributed by atoms with Gasteiger partial charge in [0.25, 0.3) is 0 Å². The fourth-order valence-corrected chi connectivity index (χ4v) is 6.24. The van der Waals surface area contributed by atoms with E-state index in [-0.39, 0.29) is 5.41 Å². The van der Waals surface area contributed by atoms with Gasteiger partial charge in [0.1, 0.15) is 5.78 Å². The summed E-state index contributed by atoms with van der Waals surface area (Å²) in [6.07, 6.45) is 7.20.